The fourth-order valence-corrected chi connectivity index (χ4v) is 1.91. The van der Waals surface area contributed by atoms with Gasteiger partial charge in [-0.1, -0.05) is 0 Å². The van der Waals surface area contributed by atoms with Crippen LogP contribution >= 0.6 is 0 Å². The van der Waals surface area contributed by atoms with Gasteiger partial charge in [-0.3, -0.25) is 9.35 Å². The molecular formula is C11H15NO4S. The van der Waals surface area contributed by atoms with Crippen LogP contribution in [-0.4, -0.2) is 38.6 Å². The number of aldehydes is 1. The van der Waals surface area contributed by atoms with E-state index in [1.165, 1.54) is 0 Å². The highest BCUT2D eigenvalue weighted by Gasteiger charge is 2.06. The summed E-state index contributed by atoms with van der Waals surface area (Å²) in [6, 6.07) is 6.97. The Balaban J connectivity index is 2.52. The summed E-state index contributed by atoms with van der Waals surface area (Å²) in [6.07, 6.45) is 1.12. The number of carbonyl (C=O) groups excluding carboxylic acids is 1. The molecule has 0 unspecified atom stereocenters. The summed E-state index contributed by atoms with van der Waals surface area (Å²) in [4.78, 5) is 12.3. The molecule has 0 saturated carbocycles. The quantitative estimate of drug-likeness (QED) is 0.612. The van der Waals surface area contributed by atoms with Gasteiger partial charge in [0.05, 0.1) is 5.75 Å². The van der Waals surface area contributed by atoms with Crippen molar-refractivity contribution < 1.29 is 17.8 Å². The minimum Gasteiger partial charge on any atom is -0.375 e. The van der Waals surface area contributed by atoms with E-state index in [2.05, 4.69) is 0 Å². The smallest absolute Gasteiger partial charge is 0.264 e. The number of benzene rings is 1. The van der Waals surface area contributed by atoms with E-state index in [0.29, 0.717) is 18.5 Å². The molecule has 1 aromatic rings. The van der Waals surface area contributed by atoms with E-state index in [-0.39, 0.29) is 5.75 Å². The summed E-state index contributed by atoms with van der Waals surface area (Å²) < 4.78 is 29.6. The van der Waals surface area contributed by atoms with Crippen molar-refractivity contribution >= 4 is 22.1 Å². The molecule has 0 fully saturated rings. The summed E-state index contributed by atoms with van der Waals surface area (Å²) in [5.74, 6) is -0.246. The van der Waals surface area contributed by atoms with Gasteiger partial charge in [0, 0.05) is 24.8 Å². The SMILES string of the molecule is CN(CCCS(=O)(=O)O)c1ccc(C=O)cc1. The first kappa shape index (κ1) is 13.7. The van der Waals surface area contributed by atoms with Crippen molar-refractivity contribution in [2.24, 2.45) is 0 Å². The zero-order valence-electron chi connectivity index (χ0n) is 9.54. The molecule has 17 heavy (non-hydrogen) atoms. The lowest BCUT2D eigenvalue weighted by molar-refractivity contribution is 0.112. The van der Waals surface area contributed by atoms with Crippen LogP contribution in [0.25, 0.3) is 0 Å². The summed E-state index contributed by atoms with van der Waals surface area (Å²) >= 11 is 0. The first-order valence-corrected chi connectivity index (χ1v) is 6.75. The third-order valence-electron chi connectivity index (χ3n) is 2.37. The Morgan fingerprint density at radius 2 is 1.88 bits per heavy atom. The van der Waals surface area contributed by atoms with Crippen LogP contribution in [-0.2, 0) is 10.1 Å². The van der Waals surface area contributed by atoms with Crippen molar-refractivity contribution in [3.8, 4) is 0 Å². The van der Waals surface area contributed by atoms with E-state index in [9.17, 15) is 13.2 Å². The molecule has 1 rings (SSSR count). The molecule has 0 aliphatic heterocycles. The number of anilines is 1. The summed E-state index contributed by atoms with van der Waals surface area (Å²) in [6.45, 7) is 0.514. The molecule has 0 atom stereocenters. The molecule has 0 radical (unpaired) electrons. The zero-order valence-corrected chi connectivity index (χ0v) is 10.4. The van der Waals surface area contributed by atoms with E-state index in [1.807, 2.05) is 11.9 Å². The first-order chi connectivity index (χ1) is 7.92. The lowest BCUT2D eigenvalue weighted by atomic mass is 10.2. The molecule has 6 heteroatoms. The predicted octanol–water partition coefficient (Wildman–Crippen LogP) is 1.21. The van der Waals surface area contributed by atoms with Crippen molar-refractivity contribution in [1.82, 2.24) is 0 Å². The fourth-order valence-electron chi connectivity index (χ4n) is 1.42. The van der Waals surface area contributed by atoms with Gasteiger partial charge in [-0.05, 0) is 30.7 Å². The van der Waals surface area contributed by atoms with E-state index in [0.717, 1.165) is 12.0 Å². The summed E-state index contributed by atoms with van der Waals surface area (Å²) in [5.41, 5.74) is 1.49. The van der Waals surface area contributed by atoms with Gasteiger partial charge in [0.2, 0.25) is 0 Å². The minimum atomic E-state index is -3.89. The molecule has 0 spiro atoms. The third-order valence-corrected chi connectivity index (χ3v) is 3.17. The second-order valence-corrected chi connectivity index (χ2v) is 5.34. The van der Waals surface area contributed by atoms with Crippen LogP contribution < -0.4 is 4.90 Å². The third kappa shape index (κ3) is 4.97. The maximum atomic E-state index is 10.5. The van der Waals surface area contributed by atoms with Gasteiger partial charge in [-0.2, -0.15) is 8.42 Å². The molecule has 0 aromatic heterocycles. The molecule has 0 amide bonds. The molecular weight excluding hydrogens is 242 g/mol. The molecule has 0 aliphatic rings. The van der Waals surface area contributed by atoms with Crippen molar-refractivity contribution in [3.05, 3.63) is 29.8 Å². The monoisotopic (exact) mass is 257 g/mol. The number of hydrogen-bond donors (Lipinski definition) is 1. The number of nitrogens with zero attached hydrogens (tertiary/aromatic N) is 1. The normalized spacial score (nSPS) is 11.2. The van der Waals surface area contributed by atoms with Crippen molar-refractivity contribution in [2.75, 3.05) is 24.2 Å². The maximum Gasteiger partial charge on any atom is 0.264 e. The molecule has 0 saturated heterocycles. The molecule has 0 bridgehead atoms. The van der Waals surface area contributed by atoms with Crippen molar-refractivity contribution in [1.29, 1.82) is 0 Å². The molecule has 94 valence electrons. The van der Waals surface area contributed by atoms with Gasteiger partial charge < -0.3 is 4.90 Å². The van der Waals surface area contributed by atoms with Crippen LogP contribution in [0.3, 0.4) is 0 Å². The summed E-state index contributed by atoms with van der Waals surface area (Å²) in [7, 11) is -2.07. The summed E-state index contributed by atoms with van der Waals surface area (Å²) in [5, 5.41) is 0. The highest BCUT2D eigenvalue weighted by atomic mass is 32.2. The topological polar surface area (TPSA) is 74.7 Å². The Kier molecular flexibility index (Phi) is 4.65. The van der Waals surface area contributed by atoms with Gasteiger partial charge >= 0.3 is 0 Å². The van der Waals surface area contributed by atoms with Gasteiger partial charge in [0.15, 0.2) is 0 Å². The fraction of sp³-hybridized carbons (Fsp3) is 0.364. The van der Waals surface area contributed by atoms with Gasteiger partial charge in [-0.25, -0.2) is 0 Å². The Hall–Kier alpha value is -1.40. The van der Waals surface area contributed by atoms with Crippen LogP contribution in [0.15, 0.2) is 24.3 Å². The Morgan fingerprint density at radius 1 is 1.29 bits per heavy atom. The van der Waals surface area contributed by atoms with Gasteiger partial charge in [-0.15, -0.1) is 0 Å². The second-order valence-electron chi connectivity index (χ2n) is 3.77. The van der Waals surface area contributed by atoms with Crippen molar-refractivity contribution in [2.45, 2.75) is 6.42 Å². The van der Waals surface area contributed by atoms with Crippen LogP contribution in [0.5, 0.6) is 0 Å². The lowest BCUT2D eigenvalue weighted by Crippen LogP contribution is -2.21. The van der Waals surface area contributed by atoms with E-state index in [1.54, 1.807) is 24.3 Å². The number of rotatable bonds is 6. The molecule has 1 N–H and O–H groups in total. The van der Waals surface area contributed by atoms with Crippen LogP contribution in [0, 0.1) is 0 Å². The highest BCUT2D eigenvalue weighted by molar-refractivity contribution is 7.85. The lowest BCUT2D eigenvalue weighted by Gasteiger charge is -2.18. The van der Waals surface area contributed by atoms with Gasteiger partial charge in [0.1, 0.15) is 6.29 Å². The maximum absolute atomic E-state index is 10.5. The minimum absolute atomic E-state index is 0.246. The first-order valence-electron chi connectivity index (χ1n) is 5.14. The molecule has 0 heterocycles. The average Bonchev–Trinajstić information content (AvgIpc) is 2.27. The molecule has 1 aromatic carbocycles. The van der Waals surface area contributed by atoms with E-state index < -0.39 is 10.1 Å². The Labute approximate surface area is 101 Å². The predicted molar refractivity (Wildman–Crippen MR) is 66.1 cm³/mol. The van der Waals surface area contributed by atoms with Crippen LogP contribution in [0.2, 0.25) is 0 Å². The molecule has 5 nitrogen and oxygen atoms in total. The van der Waals surface area contributed by atoms with Crippen LogP contribution in [0.1, 0.15) is 16.8 Å². The van der Waals surface area contributed by atoms with Gasteiger partial charge in [0.25, 0.3) is 10.1 Å². The highest BCUT2D eigenvalue weighted by Crippen LogP contribution is 2.13. The average molecular weight is 257 g/mol. The van der Waals surface area contributed by atoms with Crippen molar-refractivity contribution in [3.63, 3.8) is 0 Å². The van der Waals surface area contributed by atoms with Crippen LogP contribution in [0.4, 0.5) is 5.69 Å². The molecule has 0 aliphatic carbocycles. The standard InChI is InChI=1S/C11H15NO4S/c1-12(7-2-8-17(14,15)16)11-5-3-10(9-13)4-6-11/h3-6,9H,2,7-8H2,1H3,(H,14,15,16). The Morgan fingerprint density at radius 3 is 2.35 bits per heavy atom. The zero-order chi connectivity index (χ0) is 12.9. The number of carbonyl (C=O) groups is 1. The Bertz CT molecular complexity index is 467. The van der Waals surface area contributed by atoms with E-state index >= 15 is 0 Å². The van der Waals surface area contributed by atoms with E-state index in [4.69, 9.17) is 4.55 Å². The largest absolute Gasteiger partial charge is 0.375 e. The second kappa shape index (κ2) is 5.79. The number of hydrogen-bond acceptors (Lipinski definition) is 4.